The van der Waals surface area contributed by atoms with Gasteiger partial charge in [-0.2, -0.15) is 0 Å². The smallest absolute Gasteiger partial charge is 0.137 e. The molecule has 1 aromatic heterocycles. The van der Waals surface area contributed by atoms with Gasteiger partial charge in [-0.15, -0.1) is 0 Å². The van der Waals surface area contributed by atoms with Gasteiger partial charge in [-0.3, -0.25) is 9.83 Å². The van der Waals surface area contributed by atoms with Crippen molar-refractivity contribution in [2.24, 2.45) is 4.99 Å². The molecule has 7 heteroatoms. The summed E-state index contributed by atoms with van der Waals surface area (Å²) in [4.78, 5) is 17.5. The van der Waals surface area contributed by atoms with Gasteiger partial charge in [0.05, 0.1) is 12.9 Å². The summed E-state index contributed by atoms with van der Waals surface area (Å²) in [6.45, 7) is 5.61. The van der Waals surface area contributed by atoms with Crippen LogP contribution in [0.2, 0.25) is 0 Å². The maximum Gasteiger partial charge on any atom is 0.137 e. The van der Waals surface area contributed by atoms with Gasteiger partial charge in [0.1, 0.15) is 24.3 Å². The Labute approximate surface area is 171 Å². The lowest BCUT2D eigenvalue weighted by molar-refractivity contribution is -0.107. The second-order valence-electron chi connectivity index (χ2n) is 7.71. The molecule has 1 atom stereocenters. The number of hydrogen-bond acceptors (Lipinski definition) is 7. The maximum absolute atomic E-state index is 6.00. The second kappa shape index (κ2) is 7.93. The Morgan fingerprint density at radius 1 is 1.00 bits per heavy atom. The molecule has 152 valence electrons. The first kappa shape index (κ1) is 18.3. The highest BCUT2D eigenvalue weighted by atomic mass is 16.7. The van der Waals surface area contributed by atoms with Crippen LogP contribution in [0, 0.1) is 0 Å². The van der Waals surface area contributed by atoms with Crippen LogP contribution in [0.4, 0.5) is 11.4 Å². The minimum absolute atomic E-state index is 0.0786. The van der Waals surface area contributed by atoms with Crippen LogP contribution < -0.4 is 9.80 Å². The molecule has 0 amide bonds. The van der Waals surface area contributed by atoms with Crippen molar-refractivity contribution in [2.45, 2.75) is 12.5 Å². The number of piperazine rings is 1. The lowest BCUT2D eigenvalue weighted by Crippen LogP contribution is -2.44. The molecule has 3 aliphatic heterocycles. The van der Waals surface area contributed by atoms with Crippen LogP contribution in [-0.4, -0.2) is 62.7 Å². The predicted octanol–water partition coefficient (Wildman–Crippen LogP) is 3.10. The standard InChI is InChI=1S/C22H27N5O2/c1-24-11-13-25(14-12-24)18-4-6-19(7-5-18)26-17-23-10-8-22(26)27-20(9-16-29-27)21-3-2-15-28-21/h2-8,10,15,20H,9,11-14,16-17H2,1H3/t20-/m1/s1. The Balaban J connectivity index is 1.36. The summed E-state index contributed by atoms with van der Waals surface area (Å²) in [6.07, 6.45) is 6.49. The van der Waals surface area contributed by atoms with Gasteiger partial charge in [-0.05, 0) is 49.5 Å². The minimum Gasteiger partial charge on any atom is -0.467 e. The molecule has 2 fully saturated rings. The molecule has 0 spiro atoms. The molecule has 29 heavy (non-hydrogen) atoms. The zero-order chi connectivity index (χ0) is 19.6. The van der Waals surface area contributed by atoms with Gasteiger partial charge in [-0.25, -0.2) is 5.06 Å². The van der Waals surface area contributed by atoms with Gasteiger partial charge >= 0.3 is 0 Å². The van der Waals surface area contributed by atoms with Gasteiger partial charge in [0.15, 0.2) is 0 Å². The maximum atomic E-state index is 6.00. The Bertz CT molecular complexity index is 869. The summed E-state index contributed by atoms with van der Waals surface area (Å²) in [5.41, 5.74) is 2.39. The average molecular weight is 393 g/mol. The number of hydroxylamine groups is 2. The summed E-state index contributed by atoms with van der Waals surface area (Å²) in [5.74, 6) is 1.92. The SMILES string of the molecule is CN1CCN(c2ccc(N3CN=CC=C3N3OCC[C@@H]3c3ccco3)cc2)CC1. The summed E-state index contributed by atoms with van der Waals surface area (Å²) < 4.78 is 5.66. The molecule has 1 aromatic carbocycles. The number of rotatable bonds is 4. The summed E-state index contributed by atoms with van der Waals surface area (Å²) in [6, 6.07) is 12.8. The van der Waals surface area contributed by atoms with E-state index in [1.54, 1.807) is 6.26 Å². The molecule has 0 aliphatic carbocycles. The number of furan rings is 1. The van der Waals surface area contributed by atoms with E-state index in [9.17, 15) is 0 Å². The Kier molecular flexibility index (Phi) is 4.99. The molecule has 5 rings (SSSR count). The number of allylic oxidation sites excluding steroid dienone is 1. The average Bonchev–Trinajstić information content (AvgIpc) is 3.46. The van der Waals surface area contributed by atoms with Gasteiger partial charge in [0.2, 0.25) is 0 Å². The molecular weight excluding hydrogens is 366 g/mol. The molecule has 2 aromatic rings. The zero-order valence-electron chi connectivity index (χ0n) is 16.8. The minimum atomic E-state index is 0.0786. The number of hydrogen-bond donors (Lipinski definition) is 0. The van der Waals surface area contributed by atoms with Gasteiger partial charge in [-0.1, -0.05) is 0 Å². The fourth-order valence-electron chi connectivity index (χ4n) is 4.16. The topological polar surface area (TPSA) is 47.7 Å². The fraction of sp³-hybridized carbons (Fsp3) is 0.409. The van der Waals surface area contributed by atoms with E-state index >= 15 is 0 Å². The fourth-order valence-corrected chi connectivity index (χ4v) is 4.16. The zero-order valence-corrected chi connectivity index (χ0v) is 16.8. The highest BCUT2D eigenvalue weighted by molar-refractivity contribution is 5.76. The molecule has 0 unspecified atom stereocenters. The van der Waals surface area contributed by atoms with Crippen molar-refractivity contribution in [3.63, 3.8) is 0 Å². The Hall–Kier alpha value is -2.77. The van der Waals surface area contributed by atoms with E-state index in [0.29, 0.717) is 13.3 Å². The van der Waals surface area contributed by atoms with Crippen molar-refractivity contribution in [1.29, 1.82) is 0 Å². The number of nitrogens with zero attached hydrogens (tertiary/aromatic N) is 5. The molecule has 3 aliphatic rings. The summed E-state index contributed by atoms with van der Waals surface area (Å²) >= 11 is 0. The third-order valence-corrected chi connectivity index (χ3v) is 5.86. The van der Waals surface area contributed by atoms with Crippen LogP contribution in [0.15, 0.2) is 64.0 Å². The first-order chi connectivity index (χ1) is 14.3. The lowest BCUT2D eigenvalue weighted by Gasteiger charge is -2.36. The van der Waals surface area contributed by atoms with Crippen LogP contribution in [-0.2, 0) is 4.84 Å². The van der Waals surface area contributed by atoms with Crippen LogP contribution in [0.3, 0.4) is 0 Å². The number of likely N-dealkylation sites (N-methyl/N-ethyl adjacent to an activating group) is 1. The van der Waals surface area contributed by atoms with Gasteiger partial charge in [0.25, 0.3) is 0 Å². The van der Waals surface area contributed by atoms with Crippen LogP contribution in [0.5, 0.6) is 0 Å². The highest BCUT2D eigenvalue weighted by Crippen LogP contribution is 2.37. The van der Waals surface area contributed by atoms with Crippen LogP contribution in [0.1, 0.15) is 18.2 Å². The number of anilines is 2. The van der Waals surface area contributed by atoms with Crippen LogP contribution in [0.25, 0.3) is 0 Å². The molecule has 0 N–H and O–H groups in total. The van der Waals surface area contributed by atoms with Crippen molar-refractivity contribution in [3.05, 3.63) is 60.3 Å². The summed E-state index contributed by atoms with van der Waals surface area (Å²) in [7, 11) is 2.18. The lowest BCUT2D eigenvalue weighted by atomic mass is 10.1. The van der Waals surface area contributed by atoms with Crippen molar-refractivity contribution in [2.75, 3.05) is 56.3 Å². The Morgan fingerprint density at radius 3 is 2.55 bits per heavy atom. The molecule has 0 saturated carbocycles. The van der Waals surface area contributed by atoms with E-state index in [1.807, 2.05) is 29.5 Å². The van der Waals surface area contributed by atoms with Crippen molar-refractivity contribution in [3.8, 4) is 0 Å². The van der Waals surface area contributed by atoms with Crippen molar-refractivity contribution < 1.29 is 9.25 Å². The largest absolute Gasteiger partial charge is 0.467 e. The van der Waals surface area contributed by atoms with E-state index in [1.165, 1.54) is 5.69 Å². The first-order valence-corrected chi connectivity index (χ1v) is 10.3. The Morgan fingerprint density at radius 2 is 1.79 bits per heavy atom. The van der Waals surface area contributed by atoms with E-state index in [2.05, 4.69) is 51.0 Å². The highest BCUT2D eigenvalue weighted by Gasteiger charge is 2.34. The monoisotopic (exact) mass is 393 g/mol. The number of aliphatic imine (C=N–C) groups is 1. The van der Waals surface area contributed by atoms with Gasteiger partial charge in [0, 0.05) is 50.2 Å². The quantitative estimate of drug-likeness (QED) is 0.796. The van der Waals surface area contributed by atoms with Crippen LogP contribution >= 0.6 is 0 Å². The molecular formula is C22H27N5O2. The first-order valence-electron chi connectivity index (χ1n) is 10.3. The molecule has 4 heterocycles. The summed E-state index contributed by atoms with van der Waals surface area (Å²) in [5, 5.41) is 1.97. The van der Waals surface area contributed by atoms with Crippen molar-refractivity contribution in [1.82, 2.24) is 9.96 Å². The van der Waals surface area contributed by atoms with E-state index in [0.717, 1.165) is 49.9 Å². The normalized spacial score (nSPS) is 23.0. The van der Waals surface area contributed by atoms with E-state index in [4.69, 9.17) is 9.25 Å². The molecule has 2 saturated heterocycles. The van der Waals surface area contributed by atoms with E-state index < -0.39 is 0 Å². The molecule has 0 radical (unpaired) electrons. The van der Waals surface area contributed by atoms with E-state index in [-0.39, 0.29) is 6.04 Å². The van der Waals surface area contributed by atoms with Crippen molar-refractivity contribution >= 4 is 17.6 Å². The predicted molar refractivity (Wildman–Crippen MR) is 114 cm³/mol. The third-order valence-electron chi connectivity index (χ3n) is 5.86. The third kappa shape index (κ3) is 3.63. The molecule has 7 nitrogen and oxygen atoms in total. The number of benzene rings is 1. The molecule has 0 bridgehead atoms. The van der Waals surface area contributed by atoms with Gasteiger partial charge < -0.3 is 19.1 Å². The second-order valence-corrected chi connectivity index (χ2v) is 7.71.